The molecule has 0 fully saturated rings. The van der Waals surface area contributed by atoms with Gasteiger partial charge in [0.05, 0.1) is 4.92 Å². The molecule has 1 aromatic carbocycles. The maximum atomic E-state index is 10.5. The van der Waals surface area contributed by atoms with Gasteiger partial charge in [-0.2, -0.15) is 0 Å². The van der Waals surface area contributed by atoms with Crippen LogP contribution >= 0.6 is 0 Å². The van der Waals surface area contributed by atoms with Crippen LogP contribution in [0, 0.1) is 10.1 Å². The van der Waals surface area contributed by atoms with Crippen molar-refractivity contribution in [3.63, 3.8) is 0 Å². The van der Waals surface area contributed by atoms with Crippen LogP contribution < -0.4 is 11.5 Å². The van der Waals surface area contributed by atoms with E-state index in [2.05, 4.69) is 0 Å². The summed E-state index contributed by atoms with van der Waals surface area (Å²) in [6.45, 7) is 0.413. The Kier molecular flexibility index (Phi) is 3.59. The van der Waals surface area contributed by atoms with E-state index in [-0.39, 0.29) is 17.5 Å². The van der Waals surface area contributed by atoms with Crippen LogP contribution in [0.25, 0.3) is 0 Å². The predicted octanol–water partition coefficient (Wildman–Crippen LogP) is 0.649. The van der Waals surface area contributed by atoms with Gasteiger partial charge in [0.2, 0.25) is 0 Å². The van der Waals surface area contributed by atoms with Gasteiger partial charge in [-0.15, -0.1) is 0 Å². The zero-order valence-electron chi connectivity index (χ0n) is 8.09. The lowest BCUT2D eigenvalue weighted by Gasteiger charge is -2.10. The molecule has 5 N–H and O–H groups in total. The van der Waals surface area contributed by atoms with Gasteiger partial charge in [-0.1, -0.05) is 6.07 Å². The standard InChI is InChI=1S/C9H13N3O3/c10-4-3-7(11)6-1-2-9(13)8(5-6)12(14)15/h1-2,5,7,13H,3-4,10-11H2/t7-/m0/s1. The maximum Gasteiger partial charge on any atom is 0.311 e. The molecule has 0 unspecified atom stereocenters. The summed E-state index contributed by atoms with van der Waals surface area (Å²) in [5.41, 5.74) is 11.3. The quantitative estimate of drug-likeness (QED) is 0.499. The number of nitrogens with zero attached hydrogens (tertiary/aromatic N) is 1. The van der Waals surface area contributed by atoms with Crippen LogP contribution in [-0.4, -0.2) is 16.6 Å². The van der Waals surface area contributed by atoms with Crippen molar-refractivity contribution in [2.75, 3.05) is 6.54 Å². The third-order valence-corrected chi connectivity index (χ3v) is 2.10. The Hall–Kier alpha value is -1.66. The first kappa shape index (κ1) is 11.4. The topological polar surface area (TPSA) is 115 Å². The molecular weight excluding hydrogens is 198 g/mol. The minimum Gasteiger partial charge on any atom is -0.502 e. The smallest absolute Gasteiger partial charge is 0.311 e. The minimum absolute atomic E-state index is 0.333. The Morgan fingerprint density at radius 3 is 2.73 bits per heavy atom. The lowest BCUT2D eigenvalue weighted by molar-refractivity contribution is -0.385. The number of nitro groups is 1. The fraction of sp³-hybridized carbons (Fsp3) is 0.333. The SMILES string of the molecule is NCC[C@H](N)c1ccc(O)c([N+](=O)[O-])c1. The second-order valence-electron chi connectivity index (χ2n) is 3.19. The van der Waals surface area contributed by atoms with Crippen LogP contribution in [0.3, 0.4) is 0 Å². The summed E-state index contributed by atoms with van der Waals surface area (Å²) in [4.78, 5) is 9.89. The van der Waals surface area contributed by atoms with Gasteiger partial charge < -0.3 is 16.6 Å². The number of phenols is 1. The Balaban J connectivity index is 3.02. The van der Waals surface area contributed by atoms with Gasteiger partial charge in [0.25, 0.3) is 0 Å². The van der Waals surface area contributed by atoms with Crippen molar-refractivity contribution in [2.45, 2.75) is 12.5 Å². The van der Waals surface area contributed by atoms with E-state index in [0.29, 0.717) is 18.5 Å². The highest BCUT2D eigenvalue weighted by molar-refractivity contribution is 5.48. The highest BCUT2D eigenvalue weighted by atomic mass is 16.6. The normalized spacial score (nSPS) is 12.4. The van der Waals surface area contributed by atoms with Crippen molar-refractivity contribution in [2.24, 2.45) is 11.5 Å². The number of nitrogens with two attached hydrogens (primary N) is 2. The number of hydrogen-bond acceptors (Lipinski definition) is 5. The summed E-state index contributed by atoms with van der Waals surface area (Å²) in [6, 6.07) is 3.76. The number of rotatable bonds is 4. The van der Waals surface area contributed by atoms with Crippen molar-refractivity contribution in [3.05, 3.63) is 33.9 Å². The summed E-state index contributed by atoms with van der Waals surface area (Å²) in [6.07, 6.45) is 0.544. The summed E-state index contributed by atoms with van der Waals surface area (Å²) >= 11 is 0. The average Bonchev–Trinajstić information content (AvgIpc) is 2.18. The van der Waals surface area contributed by atoms with Gasteiger partial charge in [0.15, 0.2) is 5.75 Å². The molecule has 15 heavy (non-hydrogen) atoms. The highest BCUT2D eigenvalue weighted by Crippen LogP contribution is 2.28. The molecule has 0 amide bonds. The first-order valence-corrected chi connectivity index (χ1v) is 4.49. The highest BCUT2D eigenvalue weighted by Gasteiger charge is 2.16. The van der Waals surface area contributed by atoms with Gasteiger partial charge in [0.1, 0.15) is 0 Å². The number of aromatic hydroxyl groups is 1. The fourth-order valence-corrected chi connectivity index (χ4v) is 1.26. The van der Waals surface area contributed by atoms with Gasteiger partial charge in [0, 0.05) is 12.1 Å². The first-order chi connectivity index (χ1) is 7.06. The van der Waals surface area contributed by atoms with E-state index in [1.165, 1.54) is 12.1 Å². The number of phenolic OH excluding ortho intramolecular Hbond substituents is 1. The van der Waals surface area contributed by atoms with Crippen molar-refractivity contribution >= 4 is 5.69 Å². The Morgan fingerprint density at radius 2 is 2.20 bits per heavy atom. The number of hydrogen-bond donors (Lipinski definition) is 3. The van der Waals surface area contributed by atoms with Crippen molar-refractivity contribution < 1.29 is 10.0 Å². The molecule has 1 atom stereocenters. The van der Waals surface area contributed by atoms with E-state index in [1.54, 1.807) is 6.07 Å². The molecule has 6 nitrogen and oxygen atoms in total. The predicted molar refractivity (Wildman–Crippen MR) is 55.4 cm³/mol. The van der Waals surface area contributed by atoms with E-state index >= 15 is 0 Å². The molecule has 0 aromatic heterocycles. The Morgan fingerprint density at radius 1 is 1.53 bits per heavy atom. The monoisotopic (exact) mass is 211 g/mol. The molecule has 0 aliphatic heterocycles. The van der Waals surface area contributed by atoms with Gasteiger partial charge >= 0.3 is 5.69 Å². The van der Waals surface area contributed by atoms with Crippen LogP contribution in [0.2, 0.25) is 0 Å². The fourth-order valence-electron chi connectivity index (χ4n) is 1.26. The largest absolute Gasteiger partial charge is 0.502 e. The van der Waals surface area contributed by atoms with E-state index in [4.69, 9.17) is 11.5 Å². The van der Waals surface area contributed by atoms with Gasteiger partial charge in [-0.25, -0.2) is 0 Å². The van der Waals surface area contributed by atoms with Crippen LogP contribution in [0.4, 0.5) is 5.69 Å². The molecule has 6 heteroatoms. The van der Waals surface area contributed by atoms with Crippen LogP contribution in [0.15, 0.2) is 18.2 Å². The Labute approximate surface area is 86.7 Å². The van der Waals surface area contributed by atoms with E-state index in [9.17, 15) is 15.2 Å². The van der Waals surface area contributed by atoms with Crippen LogP contribution in [-0.2, 0) is 0 Å². The molecule has 1 rings (SSSR count). The number of nitro benzene ring substituents is 1. The molecule has 0 bridgehead atoms. The molecule has 0 aliphatic carbocycles. The van der Waals surface area contributed by atoms with Crippen molar-refractivity contribution in [1.29, 1.82) is 0 Å². The van der Waals surface area contributed by atoms with Gasteiger partial charge in [-0.05, 0) is 24.6 Å². The molecule has 0 saturated heterocycles. The van der Waals surface area contributed by atoms with E-state index in [1.807, 2.05) is 0 Å². The molecule has 0 radical (unpaired) electrons. The molecule has 0 heterocycles. The van der Waals surface area contributed by atoms with Crippen molar-refractivity contribution in [3.8, 4) is 5.75 Å². The van der Waals surface area contributed by atoms with Gasteiger partial charge in [-0.3, -0.25) is 10.1 Å². The lowest BCUT2D eigenvalue weighted by Crippen LogP contribution is -2.15. The van der Waals surface area contributed by atoms with E-state index < -0.39 is 4.92 Å². The average molecular weight is 211 g/mol. The van der Waals surface area contributed by atoms with Crippen LogP contribution in [0.5, 0.6) is 5.75 Å². The van der Waals surface area contributed by atoms with Crippen LogP contribution in [0.1, 0.15) is 18.0 Å². The third-order valence-electron chi connectivity index (χ3n) is 2.10. The number of benzene rings is 1. The summed E-state index contributed by atoms with van der Waals surface area (Å²) in [7, 11) is 0. The van der Waals surface area contributed by atoms with E-state index in [0.717, 1.165) is 0 Å². The zero-order chi connectivity index (χ0) is 11.4. The molecule has 82 valence electrons. The summed E-state index contributed by atoms with van der Waals surface area (Å²) in [5, 5.41) is 19.7. The summed E-state index contributed by atoms with van der Waals surface area (Å²) < 4.78 is 0. The molecule has 0 saturated carbocycles. The molecule has 1 aromatic rings. The Bertz CT molecular complexity index is 368. The van der Waals surface area contributed by atoms with Crippen molar-refractivity contribution in [1.82, 2.24) is 0 Å². The lowest BCUT2D eigenvalue weighted by atomic mass is 10.0. The third kappa shape index (κ3) is 2.64. The maximum absolute atomic E-state index is 10.5. The summed E-state index contributed by atoms with van der Waals surface area (Å²) in [5.74, 6) is -0.358. The molecular formula is C9H13N3O3. The minimum atomic E-state index is -0.645. The second-order valence-corrected chi connectivity index (χ2v) is 3.19. The zero-order valence-corrected chi connectivity index (χ0v) is 8.09. The molecule has 0 aliphatic rings. The second kappa shape index (κ2) is 4.72. The molecule has 0 spiro atoms. The first-order valence-electron chi connectivity index (χ1n) is 4.49.